The molecule has 0 saturated heterocycles. The van der Waals surface area contributed by atoms with E-state index in [1.807, 2.05) is 16.8 Å². The summed E-state index contributed by atoms with van der Waals surface area (Å²) in [5, 5.41) is 13.2. The van der Waals surface area contributed by atoms with E-state index >= 15 is 0 Å². The molecule has 3 N–H and O–H groups in total. The van der Waals surface area contributed by atoms with Gasteiger partial charge in [-0.2, -0.15) is 5.10 Å². The number of aromatic nitrogens is 3. The Morgan fingerprint density at radius 2 is 1.97 bits per heavy atom. The molecule has 3 aromatic rings. The van der Waals surface area contributed by atoms with Crippen molar-refractivity contribution in [3.63, 3.8) is 0 Å². The van der Waals surface area contributed by atoms with Gasteiger partial charge >= 0.3 is 0 Å². The maximum atomic E-state index is 6.56. The first kappa shape index (κ1) is 25.3. The Bertz CT molecular complexity index is 1120. The van der Waals surface area contributed by atoms with Gasteiger partial charge < -0.3 is 15.6 Å². The number of nitrogens with one attached hydrogen (secondary N) is 3. The maximum absolute atomic E-state index is 6.56. The Labute approximate surface area is 211 Å². The van der Waals surface area contributed by atoms with Crippen molar-refractivity contribution < 1.29 is 0 Å². The Balaban J connectivity index is 1.95. The molecule has 0 spiro atoms. The first-order valence-corrected chi connectivity index (χ1v) is 12.5. The zero-order valence-electron chi connectivity index (χ0n) is 19.3. The highest BCUT2D eigenvalue weighted by atomic mass is 35.5. The van der Waals surface area contributed by atoms with Gasteiger partial charge in [-0.25, -0.2) is 4.68 Å². The van der Waals surface area contributed by atoms with E-state index in [-0.39, 0.29) is 0 Å². The normalized spacial score (nSPS) is 11.3. The van der Waals surface area contributed by atoms with Crippen molar-refractivity contribution in [1.82, 2.24) is 25.4 Å². The van der Waals surface area contributed by atoms with E-state index in [1.54, 1.807) is 6.07 Å². The first-order valence-electron chi connectivity index (χ1n) is 11.4. The standard InChI is InChI=1S/C25H31Cl2N5S/c1-4-6-8-9-19-11-12-21(30-19)24-17(3)22(16-29-25(33)28-14-7-5-2)31-32(24)23-13-10-18(26)15-20(23)27/h8-13,15,30H,4-7,14,16H2,1-3H3,(H2,28,29,33). The molecule has 0 aliphatic heterocycles. The number of hydrogen-bond donors (Lipinski definition) is 3. The second-order valence-corrected chi connectivity index (χ2v) is 9.16. The minimum atomic E-state index is 0.513. The molecule has 0 aliphatic rings. The van der Waals surface area contributed by atoms with E-state index < -0.39 is 0 Å². The minimum Gasteiger partial charge on any atom is -0.363 e. The van der Waals surface area contributed by atoms with Gasteiger partial charge in [0.15, 0.2) is 5.11 Å². The Morgan fingerprint density at radius 3 is 2.70 bits per heavy atom. The number of hydrogen-bond acceptors (Lipinski definition) is 2. The van der Waals surface area contributed by atoms with Crippen molar-refractivity contribution in [1.29, 1.82) is 0 Å². The SMILES string of the molecule is CCCC=Cc1ccc(-c2c(C)c(CNC(=S)NCCCC)nn2-c2ccc(Cl)cc2Cl)[nH]1. The van der Waals surface area contributed by atoms with Crippen molar-refractivity contribution >= 4 is 46.6 Å². The predicted octanol–water partition coefficient (Wildman–Crippen LogP) is 7.06. The van der Waals surface area contributed by atoms with Crippen molar-refractivity contribution in [3.8, 4) is 17.1 Å². The minimum absolute atomic E-state index is 0.513. The molecule has 3 rings (SSSR count). The number of aromatic amines is 1. The molecule has 1 aromatic carbocycles. The molecule has 5 nitrogen and oxygen atoms in total. The third-order valence-electron chi connectivity index (χ3n) is 5.31. The first-order chi connectivity index (χ1) is 15.9. The van der Waals surface area contributed by atoms with Crippen molar-refractivity contribution in [2.24, 2.45) is 0 Å². The molecule has 8 heteroatoms. The van der Waals surface area contributed by atoms with Gasteiger partial charge in [-0.3, -0.25) is 0 Å². The summed E-state index contributed by atoms with van der Waals surface area (Å²) in [6.45, 7) is 7.77. The number of allylic oxidation sites excluding steroid dienone is 1. The molecule has 0 amide bonds. The highest BCUT2D eigenvalue weighted by Gasteiger charge is 2.20. The molecule has 2 aromatic heterocycles. The average molecular weight is 505 g/mol. The third-order valence-corrected chi connectivity index (χ3v) is 6.13. The number of unbranched alkanes of at least 4 members (excludes halogenated alkanes) is 2. The van der Waals surface area contributed by atoms with Gasteiger partial charge in [0.1, 0.15) is 0 Å². The number of halogens is 2. The Hall–Kier alpha value is -2.28. The summed E-state index contributed by atoms with van der Waals surface area (Å²) < 4.78 is 1.88. The van der Waals surface area contributed by atoms with Crippen molar-refractivity contribution in [2.45, 2.75) is 53.0 Å². The number of benzene rings is 1. The van der Waals surface area contributed by atoms with Crippen LogP contribution in [0.3, 0.4) is 0 Å². The molecule has 0 aliphatic carbocycles. The second-order valence-electron chi connectivity index (χ2n) is 7.91. The van der Waals surface area contributed by atoms with Crippen LogP contribution in [0.2, 0.25) is 10.0 Å². The van der Waals surface area contributed by atoms with Gasteiger partial charge in [-0.1, -0.05) is 56.0 Å². The fourth-order valence-electron chi connectivity index (χ4n) is 3.48. The molecule has 0 bridgehead atoms. The van der Waals surface area contributed by atoms with Crippen LogP contribution in [0.15, 0.2) is 36.4 Å². The molecular formula is C25H31Cl2N5S. The van der Waals surface area contributed by atoms with E-state index in [1.165, 1.54) is 0 Å². The summed E-state index contributed by atoms with van der Waals surface area (Å²) in [5.74, 6) is 0. The second kappa shape index (κ2) is 12.3. The molecular weight excluding hydrogens is 473 g/mol. The van der Waals surface area contributed by atoms with Gasteiger partial charge in [0.05, 0.1) is 34.3 Å². The van der Waals surface area contributed by atoms with E-state index in [9.17, 15) is 0 Å². The largest absolute Gasteiger partial charge is 0.363 e. The van der Waals surface area contributed by atoms with E-state index in [0.717, 1.165) is 66.3 Å². The van der Waals surface area contributed by atoms with Crippen LogP contribution in [0, 0.1) is 6.92 Å². The maximum Gasteiger partial charge on any atom is 0.166 e. The molecule has 2 heterocycles. The van der Waals surface area contributed by atoms with Gasteiger partial charge in [0, 0.05) is 22.8 Å². The van der Waals surface area contributed by atoms with E-state index in [4.69, 9.17) is 40.5 Å². The monoisotopic (exact) mass is 503 g/mol. The van der Waals surface area contributed by atoms with Crippen LogP contribution in [0.4, 0.5) is 0 Å². The van der Waals surface area contributed by atoms with Crippen molar-refractivity contribution in [3.05, 3.63) is 63.4 Å². The number of H-pyrrole nitrogens is 1. The van der Waals surface area contributed by atoms with Crippen LogP contribution in [-0.4, -0.2) is 26.4 Å². The van der Waals surface area contributed by atoms with Crippen LogP contribution in [-0.2, 0) is 6.54 Å². The van der Waals surface area contributed by atoms with Crippen LogP contribution in [0.25, 0.3) is 23.2 Å². The van der Waals surface area contributed by atoms with E-state index in [0.29, 0.717) is 21.7 Å². The summed E-state index contributed by atoms with van der Waals surface area (Å²) in [5.41, 5.74) is 5.69. The number of nitrogens with zero attached hydrogens (tertiary/aromatic N) is 2. The lowest BCUT2D eigenvalue weighted by Gasteiger charge is -2.09. The Morgan fingerprint density at radius 1 is 1.15 bits per heavy atom. The third kappa shape index (κ3) is 6.62. The molecule has 0 fully saturated rings. The lowest BCUT2D eigenvalue weighted by molar-refractivity contribution is 0.731. The molecule has 0 radical (unpaired) electrons. The van der Waals surface area contributed by atoms with Gasteiger partial charge in [0.2, 0.25) is 0 Å². The summed E-state index contributed by atoms with van der Waals surface area (Å²) in [6, 6.07) is 9.59. The number of rotatable bonds is 10. The summed E-state index contributed by atoms with van der Waals surface area (Å²) in [4.78, 5) is 3.51. The van der Waals surface area contributed by atoms with Gasteiger partial charge in [-0.15, -0.1) is 0 Å². The fourth-order valence-corrected chi connectivity index (χ4v) is 4.14. The predicted molar refractivity (Wildman–Crippen MR) is 144 cm³/mol. The highest BCUT2D eigenvalue weighted by molar-refractivity contribution is 7.80. The smallest absolute Gasteiger partial charge is 0.166 e. The van der Waals surface area contributed by atoms with Crippen LogP contribution >= 0.6 is 35.4 Å². The zero-order valence-corrected chi connectivity index (χ0v) is 21.7. The molecule has 0 atom stereocenters. The van der Waals surface area contributed by atoms with Crippen LogP contribution in [0.1, 0.15) is 56.5 Å². The van der Waals surface area contributed by atoms with E-state index in [2.05, 4.69) is 60.7 Å². The lowest BCUT2D eigenvalue weighted by Crippen LogP contribution is -2.35. The summed E-state index contributed by atoms with van der Waals surface area (Å²) in [7, 11) is 0. The zero-order chi connectivity index (χ0) is 23.8. The van der Waals surface area contributed by atoms with Gasteiger partial charge in [-0.05, 0) is 68.4 Å². The van der Waals surface area contributed by atoms with Crippen molar-refractivity contribution in [2.75, 3.05) is 6.54 Å². The summed E-state index contributed by atoms with van der Waals surface area (Å²) >= 11 is 18.1. The molecule has 176 valence electrons. The molecule has 0 unspecified atom stereocenters. The molecule has 0 saturated carbocycles. The Kier molecular flexibility index (Phi) is 9.41. The fraction of sp³-hybridized carbons (Fsp3) is 0.360. The summed E-state index contributed by atoms with van der Waals surface area (Å²) in [6.07, 6.45) is 8.66. The average Bonchev–Trinajstić information content (AvgIpc) is 3.37. The topological polar surface area (TPSA) is 57.7 Å². The highest BCUT2D eigenvalue weighted by Crippen LogP contribution is 2.32. The van der Waals surface area contributed by atoms with Crippen LogP contribution in [0.5, 0.6) is 0 Å². The quantitative estimate of drug-likeness (QED) is 0.204. The van der Waals surface area contributed by atoms with Crippen LogP contribution < -0.4 is 10.6 Å². The van der Waals surface area contributed by atoms with Gasteiger partial charge in [0.25, 0.3) is 0 Å². The lowest BCUT2D eigenvalue weighted by atomic mass is 10.1. The number of thiocarbonyl (C=S) groups is 1. The molecule has 33 heavy (non-hydrogen) atoms.